The first-order chi connectivity index (χ1) is 15.4. The molecule has 3 rings (SSSR count). The van der Waals surface area contributed by atoms with Crippen LogP contribution in [0.1, 0.15) is 16.7 Å². The fourth-order valence-corrected chi connectivity index (χ4v) is 3.37. The Morgan fingerprint density at radius 3 is 2.62 bits per heavy atom. The second-order valence-electron chi connectivity index (χ2n) is 6.92. The maximum absolute atomic E-state index is 12.7. The van der Waals surface area contributed by atoms with E-state index in [4.69, 9.17) is 32.7 Å². The third kappa shape index (κ3) is 6.04. The van der Waals surface area contributed by atoms with Crippen molar-refractivity contribution in [3.63, 3.8) is 0 Å². The molecule has 0 heterocycles. The van der Waals surface area contributed by atoms with Crippen LogP contribution in [0.2, 0.25) is 10.0 Å². The lowest BCUT2D eigenvalue weighted by Crippen LogP contribution is -2.13. The molecule has 0 aliphatic rings. The predicted octanol–water partition coefficient (Wildman–Crippen LogP) is 6.44. The second kappa shape index (κ2) is 10.7. The van der Waals surface area contributed by atoms with Gasteiger partial charge in [-0.1, -0.05) is 41.4 Å². The maximum atomic E-state index is 12.7. The normalized spacial score (nSPS) is 10.9. The Morgan fingerprint density at radius 2 is 1.94 bits per heavy atom. The van der Waals surface area contributed by atoms with Gasteiger partial charge in [-0.3, -0.25) is 4.79 Å². The molecule has 0 aliphatic carbocycles. The van der Waals surface area contributed by atoms with E-state index in [0.717, 1.165) is 11.1 Å². The third-order valence-electron chi connectivity index (χ3n) is 4.56. The van der Waals surface area contributed by atoms with Gasteiger partial charge in [-0.25, -0.2) is 0 Å². The average molecular weight is 467 g/mol. The zero-order valence-corrected chi connectivity index (χ0v) is 19.0. The minimum Gasteiger partial charge on any atom is -0.497 e. The number of hydrogen-bond donors (Lipinski definition) is 1. The van der Waals surface area contributed by atoms with Gasteiger partial charge in [-0.15, -0.1) is 0 Å². The van der Waals surface area contributed by atoms with Crippen LogP contribution >= 0.6 is 23.2 Å². The number of halogens is 2. The molecule has 0 spiro atoms. The number of rotatable bonds is 7. The number of benzene rings is 3. The molecule has 3 aromatic rings. The minimum absolute atomic E-state index is 0.0638. The summed E-state index contributed by atoms with van der Waals surface area (Å²) in [6.45, 7) is 2.09. The van der Waals surface area contributed by atoms with Gasteiger partial charge in [0.05, 0.1) is 7.11 Å². The zero-order valence-electron chi connectivity index (χ0n) is 17.5. The number of amides is 1. The van der Waals surface area contributed by atoms with Crippen molar-refractivity contribution in [2.75, 3.05) is 12.4 Å². The molecule has 5 nitrogen and oxygen atoms in total. The molecule has 0 atom stereocenters. The summed E-state index contributed by atoms with van der Waals surface area (Å²) in [5.74, 6) is 0.495. The van der Waals surface area contributed by atoms with Gasteiger partial charge in [0.15, 0.2) is 0 Å². The molecule has 32 heavy (non-hydrogen) atoms. The first-order valence-electron chi connectivity index (χ1n) is 9.64. The van der Waals surface area contributed by atoms with E-state index >= 15 is 0 Å². The Balaban J connectivity index is 1.87. The number of carbonyl (C=O) groups excluding carboxylic acids is 1. The van der Waals surface area contributed by atoms with E-state index in [1.807, 2.05) is 31.2 Å². The number of carbonyl (C=O) groups is 1. The molecular formula is C25H20Cl2N2O3. The largest absolute Gasteiger partial charge is 0.497 e. The lowest BCUT2D eigenvalue weighted by Gasteiger charge is -2.13. The van der Waals surface area contributed by atoms with Gasteiger partial charge in [0.2, 0.25) is 0 Å². The molecule has 7 heteroatoms. The quantitative estimate of drug-likeness (QED) is 0.321. The van der Waals surface area contributed by atoms with Gasteiger partial charge in [0, 0.05) is 32.9 Å². The molecule has 0 saturated carbocycles. The fourth-order valence-electron chi connectivity index (χ4n) is 2.91. The summed E-state index contributed by atoms with van der Waals surface area (Å²) in [5.41, 5.74) is 2.83. The standard InChI is InChI=1S/C25H20Cl2N2O3/c1-16-4-3-5-21(10-16)29-25(30)19(14-28)11-17-7-9-22(31-2)13-24(17)32-15-18-6-8-20(26)12-23(18)27/h3-13H,15H2,1-2H3,(H,29,30)/b19-11+. The number of anilines is 1. The van der Waals surface area contributed by atoms with Gasteiger partial charge in [0.25, 0.3) is 5.91 Å². The van der Waals surface area contributed by atoms with Gasteiger partial charge < -0.3 is 14.8 Å². The van der Waals surface area contributed by atoms with Crippen LogP contribution in [0, 0.1) is 18.3 Å². The smallest absolute Gasteiger partial charge is 0.266 e. The molecule has 3 aromatic carbocycles. The lowest BCUT2D eigenvalue weighted by atomic mass is 10.1. The van der Waals surface area contributed by atoms with Crippen LogP contribution in [-0.2, 0) is 11.4 Å². The minimum atomic E-state index is -0.513. The topological polar surface area (TPSA) is 71.3 Å². The molecule has 0 unspecified atom stereocenters. The Labute approximate surface area is 196 Å². The summed E-state index contributed by atoms with van der Waals surface area (Å²) < 4.78 is 11.2. The number of nitrogens with one attached hydrogen (secondary N) is 1. The summed E-state index contributed by atoms with van der Waals surface area (Å²) in [6.07, 6.45) is 1.48. The summed E-state index contributed by atoms with van der Waals surface area (Å²) in [5, 5.41) is 13.3. The molecule has 0 aliphatic heterocycles. The van der Waals surface area contributed by atoms with Crippen molar-refractivity contribution < 1.29 is 14.3 Å². The number of aryl methyl sites for hydroxylation is 1. The Hall–Kier alpha value is -3.46. The van der Waals surface area contributed by atoms with Crippen LogP contribution in [-0.4, -0.2) is 13.0 Å². The van der Waals surface area contributed by atoms with Crippen LogP contribution in [0.15, 0.2) is 66.2 Å². The molecule has 1 N–H and O–H groups in total. The van der Waals surface area contributed by atoms with E-state index in [9.17, 15) is 10.1 Å². The van der Waals surface area contributed by atoms with Crippen LogP contribution in [0.4, 0.5) is 5.69 Å². The van der Waals surface area contributed by atoms with E-state index in [0.29, 0.717) is 32.8 Å². The first-order valence-corrected chi connectivity index (χ1v) is 10.4. The van der Waals surface area contributed by atoms with Crippen LogP contribution in [0.3, 0.4) is 0 Å². The van der Waals surface area contributed by atoms with E-state index in [2.05, 4.69) is 5.32 Å². The number of ether oxygens (including phenoxy) is 2. The molecular weight excluding hydrogens is 447 g/mol. The number of methoxy groups -OCH3 is 1. The second-order valence-corrected chi connectivity index (χ2v) is 7.77. The summed E-state index contributed by atoms with van der Waals surface area (Å²) >= 11 is 12.2. The fraction of sp³-hybridized carbons (Fsp3) is 0.120. The van der Waals surface area contributed by atoms with Crippen molar-refractivity contribution in [2.45, 2.75) is 13.5 Å². The number of nitriles is 1. The molecule has 0 fully saturated rings. The van der Waals surface area contributed by atoms with Gasteiger partial charge in [-0.05, 0) is 55.0 Å². The van der Waals surface area contributed by atoms with Crippen LogP contribution in [0.25, 0.3) is 6.08 Å². The summed E-state index contributed by atoms with van der Waals surface area (Å²) in [4.78, 5) is 12.7. The summed E-state index contributed by atoms with van der Waals surface area (Å²) in [7, 11) is 1.54. The molecule has 1 amide bonds. The predicted molar refractivity (Wildman–Crippen MR) is 127 cm³/mol. The number of nitrogens with zero attached hydrogens (tertiary/aromatic N) is 1. The van der Waals surface area contributed by atoms with Crippen molar-refractivity contribution >= 4 is 40.9 Å². The molecule has 0 saturated heterocycles. The Bertz CT molecular complexity index is 1220. The zero-order chi connectivity index (χ0) is 23.1. The van der Waals surface area contributed by atoms with Gasteiger partial charge >= 0.3 is 0 Å². The Morgan fingerprint density at radius 1 is 1.12 bits per heavy atom. The van der Waals surface area contributed by atoms with Crippen molar-refractivity contribution in [2.24, 2.45) is 0 Å². The maximum Gasteiger partial charge on any atom is 0.266 e. The van der Waals surface area contributed by atoms with E-state index in [1.165, 1.54) is 6.08 Å². The highest BCUT2D eigenvalue weighted by Crippen LogP contribution is 2.29. The highest BCUT2D eigenvalue weighted by Gasteiger charge is 2.13. The highest BCUT2D eigenvalue weighted by molar-refractivity contribution is 6.35. The highest BCUT2D eigenvalue weighted by atomic mass is 35.5. The van der Waals surface area contributed by atoms with E-state index < -0.39 is 5.91 Å². The third-order valence-corrected chi connectivity index (χ3v) is 5.15. The summed E-state index contributed by atoms with van der Waals surface area (Å²) in [6, 6.07) is 19.6. The first kappa shape index (κ1) is 23.2. The molecule has 0 bridgehead atoms. The van der Waals surface area contributed by atoms with Crippen molar-refractivity contribution in [1.82, 2.24) is 0 Å². The Kier molecular flexibility index (Phi) is 7.77. The number of hydrogen-bond acceptors (Lipinski definition) is 4. The van der Waals surface area contributed by atoms with Crippen molar-refractivity contribution in [1.29, 1.82) is 5.26 Å². The van der Waals surface area contributed by atoms with Crippen LogP contribution < -0.4 is 14.8 Å². The van der Waals surface area contributed by atoms with E-state index in [-0.39, 0.29) is 12.2 Å². The molecule has 162 valence electrons. The van der Waals surface area contributed by atoms with Gasteiger partial charge in [-0.2, -0.15) is 5.26 Å². The van der Waals surface area contributed by atoms with Crippen LogP contribution in [0.5, 0.6) is 11.5 Å². The SMILES string of the molecule is COc1ccc(/C=C(\C#N)C(=O)Nc2cccc(C)c2)c(OCc2ccc(Cl)cc2Cl)c1. The monoisotopic (exact) mass is 466 g/mol. The van der Waals surface area contributed by atoms with E-state index in [1.54, 1.807) is 49.6 Å². The van der Waals surface area contributed by atoms with Crippen molar-refractivity contribution in [3.8, 4) is 17.6 Å². The molecule has 0 aromatic heterocycles. The van der Waals surface area contributed by atoms with Gasteiger partial charge in [0.1, 0.15) is 29.7 Å². The molecule has 0 radical (unpaired) electrons. The average Bonchev–Trinajstić information content (AvgIpc) is 2.77. The van der Waals surface area contributed by atoms with Crippen molar-refractivity contribution in [3.05, 3.63) is 93.0 Å². The lowest BCUT2D eigenvalue weighted by molar-refractivity contribution is -0.112.